The lowest BCUT2D eigenvalue weighted by Crippen LogP contribution is -2.21. The van der Waals surface area contributed by atoms with Crippen LogP contribution in [0.3, 0.4) is 0 Å². The van der Waals surface area contributed by atoms with Crippen LogP contribution >= 0.6 is 15.9 Å². The summed E-state index contributed by atoms with van der Waals surface area (Å²) in [6, 6.07) is 3.61. The molecule has 17 heavy (non-hydrogen) atoms. The number of aromatic nitrogens is 3. The predicted molar refractivity (Wildman–Crippen MR) is 70.0 cm³/mol. The number of rotatable bonds is 4. The maximum atomic E-state index is 11.9. The molecule has 0 aromatic carbocycles. The number of aryl methyl sites for hydroxylation is 1. The van der Waals surface area contributed by atoms with Gasteiger partial charge in [0.1, 0.15) is 0 Å². The van der Waals surface area contributed by atoms with Crippen LogP contribution in [-0.2, 0) is 13.1 Å². The number of imidazole rings is 1. The molecule has 0 N–H and O–H groups in total. The van der Waals surface area contributed by atoms with Crippen molar-refractivity contribution in [3.8, 4) is 0 Å². The van der Waals surface area contributed by atoms with Gasteiger partial charge in [-0.15, -0.1) is 0 Å². The van der Waals surface area contributed by atoms with Crippen LogP contribution in [0.25, 0.3) is 0 Å². The molecule has 0 amide bonds. The van der Waals surface area contributed by atoms with Crippen molar-refractivity contribution in [2.24, 2.45) is 0 Å². The molecular formula is C12H14BrN3O. The molecular weight excluding hydrogens is 282 g/mol. The molecule has 4 nitrogen and oxygen atoms in total. The lowest BCUT2D eigenvalue weighted by Gasteiger charge is -2.08. The van der Waals surface area contributed by atoms with Crippen molar-refractivity contribution in [1.29, 1.82) is 0 Å². The Labute approximate surface area is 108 Å². The van der Waals surface area contributed by atoms with E-state index in [1.165, 1.54) is 0 Å². The maximum Gasteiger partial charge on any atom is 0.265 e. The first-order valence-corrected chi connectivity index (χ1v) is 6.35. The monoisotopic (exact) mass is 295 g/mol. The van der Waals surface area contributed by atoms with Crippen LogP contribution in [0.15, 0.2) is 40.1 Å². The Morgan fingerprint density at radius 1 is 1.41 bits per heavy atom. The molecule has 0 aliphatic rings. The number of hydrogen-bond acceptors (Lipinski definition) is 2. The summed E-state index contributed by atoms with van der Waals surface area (Å²) in [6.07, 6.45) is 6.46. The van der Waals surface area contributed by atoms with Gasteiger partial charge in [-0.25, -0.2) is 4.98 Å². The first-order valence-electron chi connectivity index (χ1n) is 5.56. The van der Waals surface area contributed by atoms with Gasteiger partial charge in [0.25, 0.3) is 5.56 Å². The zero-order chi connectivity index (χ0) is 12.3. The summed E-state index contributed by atoms with van der Waals surface area (Å²) in [6.45, 7) is 3.60. The molecule has 0 aliphatic heterocycles. The lowest BCUT2D eigenvalue weighted by atomic mass is 10.4. The second-order valence-electron chi connectivity index (χ2n) is 3.87. The molecule has 2 aromatic heterocycles. The van der Waals surface area contributed by atoms with Crippen molar-refractivity contribution >= 4 is 15.9 Å². The first kappa shape index (κ1) is 12.1. The summed E-state index contributed by atoms with van der Waals surface area (Å²) in [5.74, 6) is 0. The van der Waals surface area contributed by atoms with Gasteiger partial charge in [0.05, 0.1) is 23.0 Å². The van der Waals surface area contributed by atoms with E-state index in [0.29, 0.717) is 11.0 Å². The number of halogens is 1. The highest BCUT2D eigenvalue weighted by Crippen LogP contribution is 2.05. The summed E-state index contributed by atoms with van der Waals surface area (Å²) in [5.41, 5.74) is 1.03. The zero-order valence-corrected chi connectivity index (χ0v) is 11.2. The molecule has 0 aliphatic carbocycles. The molecule has 2 aromatic rings. The quantitative estimate of drug-likeness (QED) is 0.868. The standard InChI is InChI=1S/C12H14BrN3O/c1-2-5-16-9-14-7-10(16)8-15-6-3-4-11(13)12(15)17/h3-4,6-7,9H,2,5,8H2,1H3. The Morgan fingerprint density at radius 3 is 3.00 bits per heavy atom. The van der Waals surface area contributed by atoms with Gasteiger partial charge in [0, 0.05) is 18.9 Å². The van der Waals surface area contributed by atoms with Crippen molar-refractivity contribution in [2.45, 2.75) is 26.4 Å². The molecule has 0 bridgehead atoms. The van der Waals surface area contributed by atoms with Gasteiger partial charge in [-0.2, -0.15) is 0 Å². The summed E-state index contributed by atoms with van der Waals surface area (Å²) in [7, 11) is 0. The first-order chi connectivity index (χ1) is 8.22. The fraction of sp³-hybridized carbons (Fsp3) is 0.333. The molecule has 0 saturated carbocycles. The van der Waals surface area contributed by atoms with Crippen LogP contribution < -0.4 is 5.56 Å². The van der Waals surface area contributed by atoms with Crippen molar-refractivity contribution < 1.29 is 0 Å². The van der Waals surface area contributed by atoms with E-state index in [0.717, 1.165) is 18.7 Å². The third-order valence-electron chi connectivity index (χ3n) is 2.57. The van der Waals surface area contributed by atoms with Gasteiger partial charge in [-0.05, 0) is 34.5 Å². The van der Waals surface area contributed by atoms with Crippen LogP contribution in [0.5, 0.6) is 0 Å². The summed E-state index contributed by atoms with van der Waals surface area (Å²) < 4.78 is 4.34. The second-order valence-corrected chi connectivity index (χ2v) is 4.72. The van der Waals surface area contributed by atoms with Gasteiger partial charge in [0.15, 0.2) is 0 Å². The van der Waals surface area contributed by atoms with Crippen molar-refractivity contribution in [2.75, 3.05) is 0 Å². The number of pyridine rings is 1. The highest BCUT2D eigenvalue weighted by Gasteiger charge is 2.05. The fourth-order valence-corrected chi connectivity index (χ4v) is 2.11. The minimum absolute atomic E-state index is 0.0169. The average molecular weight is 296 g/mol. The van der Waals surface area contributed by atoms with E-state index in [1.54, 1.807) is 16.8 Å². The van der Waals surface area contributed by atoms with Crippen LogP contribution in [0.2, 0.25) is 0 Å². The summed E-state index contributed by atoms with van der Waals surface area (Å²) in [4.78, 5) is 16.0. The van der Waals surface area contributed by atoms with E-state index in [4.69, 9.17) is 0 Å². The smallest absolute Gasteiger partial charge is 0.265 e. The molecule has 0 saturated heterocycles. The van der Waals surface area contributed by atoms with Crippen molar-refractivity contribution in [3.05, 3.63) is 51.4 Å². The normalized spacial score (nSPS) is 10.7. The lowest BCUT2D eigenvalue weighted by molar-refractivity contribution is 0.616. The number of hydrogen-bond donors (Lipinski definition) is 0. The van der Waals surface area contributed by atoms with E-state index in [-0.39, 0.29) is 5.56 Å². The summed E-state index contributed by atoms with van der Waals surface area (Å²) in [5, 5.41) is 0. The van der Waals surface area contributed by atoms with Gasteiger partial charge >= 0.3 is 0 Å². The molecule has 0 radical (unpaired) electrons. The van der Waals surface area contributed by atoms with Crippen LogP contribution in [0, 0.1) is 0 Å². The van der Waals surface area contributed by atoms with Crippen LogP contribution in [-0.4, -0.2) is 14.1 Å². The van der Waals surface area contributed by atoms with Gasteiger partial charge in [-0.1, -0.05) is 6.92 Å². The third kappa shape index (κ3) is 2.66. The summed E-state index contributed by atoms with van der Waals surface area (Å²) >= 11 is 3.24. The molecule has 0 atom stereocenters. The molecule has 0 unspecified atom stereocenters. The van der Waals surface area contributed by atoms with Crippen molar-refractivity contribution in [3.63, 3.8) is 0 Å². The highest BCUT2D eigenvalue weighted by atomic mass is 79.9. The minimum Gasteiger partial charge on any atom is -0.333 e. The maximum absolute atomic E-state index is 11.9. The SMILES string of the molecule is CCCn1cncc1Cn1cccc(Br)c1=O. The van der Waals surface area contributed by atoms with Gasteiger partial charge in [-0.3, -0.25) is 4.79 Å². The highest BCUT2D eigenvalue weighted by molar-refractivity contribution is 9.10. The minimum atomic E-state index is -0.0169. The van der Waals surface area contributed by atoms with E-state index < -0.39 is 0 Å². The van der Waals surface area contributed by atoms with Gasteiger partial charge in [0.2, 0.25) is 0 Å². The third-order valence-corrected chi connectivity index (χ3v) is 3.17. The molecule has 0 fully saturated rings. The Morgan fingerprint density at radius 2 is 2.24 bits per heavy atom. The molecule has 0 spiro atoms. The van der Waals surface area contributed by atoms with Crippen molar-refractivity contribution in [1.82, 2.24) is 14.1 Å². The van der Waals surface area contributed by atoms with E-state index in [9.17, 15) is 4.79 Å². The Bertz CT molecular complexity index is 559. The Hall–Kier alpha value is -1.36. The zero-order valence-electron chi connectivity index (χ0n) is 9.64. The molecule has 90 valence electrons. The molecule has 2 rings (SSSR count). The molecule has 5 heteroatoms. The van der Waals surface area contributed by atoms with E-state index in [2.05, 4.69) is 32.4 Å². The van der Waals surface area contributed by atoms with E-state index >= 15 is 0 Å². The van der Waals surface area contributed by atoms with Crippen LogP contribution in [0.1, 0.15) is 19.0 Å². The average Bonchev–Trinajstić information content (AvgIpc) is 2.73. The fourth-order valence-electron chi connectivity index (χ4n) is 1.73. The van der Waals surface area contributed by atoms with Gasteiger partial charge < -0.3 is 9.13 Å². The topological polar surface area (TPSA) is 39.8 Å². The Balaban J connectivity index is 2.28. The predicted octanol–water partition coefficient (Wildman–Crippen LogP) is 2.27. The second kappa shape index (κ2) is 5.31. The van der Waals surface area contributed by atoms with E-state index in [1.807, 2.05) is 18.6 Å². The largest absolute Gasteiger partial charge is 0.333 e. The Kier molecular flexibility index (Phi) is 3.78. The number of nitrogens with zero attached hydrogens (tertiary/aromatic N) is 3. The van der Waals surface area contributed by atoms with Crippen LogP contribution in [0.4, 0.5) is 0 Å². The molecule has 2 heterocycles.